The third-order valence-corrected chi connectivity index (χ3v) is 4.50. The van der Waals surface area contributed by atoms with Crippen LogP contribution in [0.5, 0.6) is 0 Å². The predicted octanol–water partition coefficient (Wildman–Crippen LogP) is 0.0671. The van der Waals surface area contributed by atoms with E-state index in [0.29, 0.717) is 32.7 Å². The fourth-order valence-electron chi connectivity index (χ4n) is 3.23. The van der Waals surface area contributed by atoms with Crippen molar-refractivity contribution in [2.24, 2.45) is 0 Å². The highest BCUT2D eigenvalue weighted by molar-refractivity contribution is 5.78. The number of hydrogen-bond acceptors (Lipinski definition) is 4. The Bertz CT molecular complexity index is 607. The van der Waals surface area contributed by atoms with E-state index < -0.39 is 6.10 Å². The largest absolute Gasteiger partial charge is 0.387 e. The lowest BCUT2D eigenvalue weighted by molar-refractivity contribution is -0.124. The van der Waals surface area contributed by atoms with Crippen LogP contribution in [-0.4, -0.2) is 66.1 Å². The second-order valence-corrected chi connectivity index (χ2v) is 6.31. The first-order valence-corrected chi connectivity index (χ1v) is 8.41. The van der Waals surface area contributed by atoms with Gasteiger partial charge >= 0.3 is 6.03 Å². The Kier molecular flexibility index (Phi) is 5.32. The van der Waals surface area contributed by atoms with Crippen LogP contribution in [0, 0.1) is 0 Å². The van der Waals surface area contributed by atoms with E-state index in [9.17, 15) is 14.7 Å². The smallest absolute Gasteiger partial charge is 0.317 e. The summed E-state index contributed by atoms with van der Waals surface area (Å²) < 4.78 is 0. The third kappa shape index (κ3) is 4.04. The molecule has 2 aliphatic rings. The zero-order chi connectivity index (χ0) is 16.9. The van der Waals surface area contributed by atoms with Crippen molar-refractivity contribution in [2.45, 2.75) is 19.1 Å². The Hall–Kier alpha value is -2.12. The van der Waals surface area contributed by atoms with Gasteiger partial charge in [0.1, 0.15) is 0 Å². The number of fused-ring (bicyclic) bond motifs is 1. The molecule has 2 aliphatic heterocycles. The van der Waals surface area contributed by atoms with E-state index in [-0.39, 0.29) is 11.9 Å². The van der Waals surface area contributed by atoms with Crippen molar-refractivity contribution in [2.75, 3.05) is 39.3 Å². The molecule has 1 aromatic carbocycles. The molecule has 0 bridgehead atoms. The lowest BCUT2D eigenvalue weighted by atomic mass is 9.98. The molecule has 2 heterocycles. The lowest BCUT2D eigenvalue weighted by Crippen LogP contribution is -2.48. The monoisotopic (exact) mass is 332 g/mol. The molecule has 1 fully saturated rings. The summed E-state index contributed by atoms with van der Waals surface area (Å²) in [7, 11) is 0. The van der Waals surface area contributed by atoms with Crippen molar-refractivity contribution in [3.63, 3.8) is 0 Å². The molecule has 0 aliphatic carbocycles. The van der Waals surface area contributed by atoms with Crippen LogP contribution < -0.4 is 10.6 Å². The van der Waals surface area contributed by atoms with Crippen LogP contribution in [0.4, 0.5) is 4.79 Å². The summed E-state index contributed by atoms with van der Waals surface area (Å²) in [6.07, 6.45) is 0.166. The third-order valence-electron chi connectivity index (χ3n) is 4.50. The van der Waals surface area contributed by atoms with Gasteiger partial charge in [-0.05, 0) is 17.5 Å². The number of β-amino-alcohol motifs (C(OH)–C–C–N with tert-alkyl or cyclic N) is 1. The fourth-order valence-corrected chi connectivity index (χ4v) is 3.23. The van der Waals surface area contributed by atoms with Crippen LogP contribution in [0.1, 0.15) is 23.7 Å². The quantitative estimate of drug-likeness (QED) is 0.681. The van der Waals surface area contributed by atoms with E-state index in [4.69, 9.17) is 0 Å². The first kappa shape index (κ1) is 16.7. The topological polar surface area (TPSA) is 84.9 Å². The molecule has 0 spiro atoms. The zero-order valence-electron chi connectivity index (χ0n) is 13.7. The van der Waals surface area contributed by atoms with Crippen LogP contribution in [0.2, 0.25) is 0 Å². The molecule has 0 aromatic heterocycles. The SMILES string of the molecule is O=C1CN(CCCNC(=O)N2Cc3ccccc3[C@H](O)C2)CCN1. The minimum Gasteiger partial charge on any atom is -0.387 e. The predicted molar refractivity (Wildman–Crippen MR) is 89.3 cm³/mol. The lowest BCUT2D eigenvalue weighted by Gasteiger charge is -2.32. The number of aliphatic hydroxyl groups is 1. The number of aliphatic hydroxyl groups excluding tert-OH is 1. The van der Waals surface area contributed by atoms with Crippen molar-refractivity contribution < 1.29 is 14.7 Å². The number of urea groups is 1. The second-order valence-electron chi connectivity index (χ2n) is 6.31. The van der Waals surface area contributed by atoms with Gasteiger partial charge in [-0.25, -0.2) is 4.79 Å². The molecule has 1 saturated heterocycles. The summed E-state index contributed by atoms with van der Waals surface area (Å²) in [5.74, 6) is 0.0613. The molecule has 0 unspecified atom stereocenters. The summed E-state index contributed by atoms with van der Waals surface area (Å²) in [4.78, 5) is 27.3. The molecule has 0 radical (unpaired) electrons. The minimum absolute atomic E-state index is 0.0613. The minimum atomic E-state index is -0.632. The second kappa shape index (κ2) is 7.63. The van der Waals surface area contributed by atoms with E-state index in [1.54, 1.807) is 4.90 Å². The molecular formula is C17H24N4O3. The fraction of sp³-hybridized carbons (Fsp3) is 0.529. The number of nitrogens with zero attached hydrogens (tertiary/aromatic N) is 2. The van der Waals surface area contributed by atoms with Gasteiger partial charge < -0.3 is 20.6 Å². The summed E-state index contributed by atoms with van der Waals surface area (Å²) >= 11 is 0. The van der Waals surface area contributed by atoms with Crippen molar-refractivity contribution in [3.05, 3.63) is 35.4 Å². The average molecular weight is 332 g/mol. The maximum absolute atomic E-state index is 12.3. The van der Waals surface area contributed by atoms with Gasteiger partial charge in [0.05, 0.1) is 19.2 Å². The Balaban J connectivity index is 1.42. The number of hydrogen-bond donors (Lipinski definition) is 3. The highest BCUT2D eigenvalue weighted by Gasteiger charge is 2.26. The molecule has 1 atom stereocenters. The van der Waals surface area contributed by atoms with E-state index in [2.05, 4.69) is 15.5 Å². The van der Waals surface area contributed by atoms with Crippen molar-refractivity contribution in [1.29, 1.82) is 0 Å². The zero-order valence-corrected chi connectivity index (χ0v) is 13.7. The van der Waals surface area contributed by atoms with Crippen molar-refractivity contribution in [1.82, 2.24) is 20.4 Å². The van der Waals surface area contributed by atoms with Crippen molar-refractivity contribution >= 4 is 11.9 Å². The molecule has 3 amide bonds. The number of piperazine rings is 1. The number of rotatable bonds is 4. The van der Waals surface area contributed by atoms with Gasteiger partial charge in [0.2, 0.25) is 5.91 Å². The standard InChI is InChI=1S/C17H24N4O3/c22-15-11-21(10-13-4-1-2-5-14(13)15)17(24)19-6-3-8-20-9-7-18-16(23)12-20/h1-2,4-5,15,22H,3,6-12H2,(H,18,23)(H,19,24)/t15-/m1/s1. The van der Waals surface area contributed by atoms with Crippen LogP contribution in [0.15, 0.2) is 24.3 Å². The normalized spacial score (nSPS) is 21.1. The highest BCUT2D eigenvalue weighted by atomic mass is 16.3. The van der Waals surface area contributed by atoms with Gasteiger partial charge in [-0.3, -0.25) is 9.69 Å². The van der Waals surface area contributed by atoms with E-state index in [0.717, 1.165) is 30.6 Å². The number of amides is 3. The number of nitrogens with one attached hydrogen (secondary N) is 2. The maximum Gasteiger partial charge on any atom is 0.317 e. The maximum atomic E-state index is 12.3. The molecular weight excluding hydrogens is 308 g/mol. The van der Waals surface area contributed by atoms with Gasteiger partial charge in [-0.15, -0.1) is 0 Å². The average Bonchev–Trinajstić information content (AvgIpc) is 2.58. The van der Waals surface area contributed by atoms with Crippen molar-refractivity contribution in [3.8, 4) is 0 Å². The molecule has 7 nitrogen and oxygen atoms in total. The van der Waals surface area contributed by atoms with Gasteiger partial charge in [-0.1, -0.05) is 24.3 Å². The first-order chi connectivity index (χ1) is 11.6. The summed E-state index contributed by atoms with van der Waals surface area (Å²) in [5, 5.41) is 15.9. The van der Waals surface area contributed by atoms with Gasteiger partial charge in [-0.2, -0.15) is 0 Å². The summed E-state index contributed by atoms with van der Waals surface area (Å²) in [5.41, 5.74) is 1.90. The molecule has 0 saturated carbocycles. The highest BCUT2D eigenvalue weighted by Crippen LogP contribution is 2.25. The van der Waals surface area contributed by atoms with Crippen LogP contribution in [0.3, 0.4) is 0 Å². The van der Waals surface area contributed by atoms with Crippen LogP contribution in [0.25, 0.3) is 0 Å². The number of benzene rings is 1. The first-order valence-electron chi connectivity index (χ1n) is 8.41. The summed E-state index contributed by atoms with van der Waals surface area (Å²) in [6, 6.07) is 7.52. The van der Waals surface area contributed by atoms with E-state index in [1.807, 2.05) is 24.3 Å². The Morgan fingerprint density at radius 2 is 2.17 bits per heavy atom. The van der Waals surface area contributed by atoms with Gasteiger partial charge in [0, 0.05) is 32.7 Å². The molecule has 7 heteroatoms. The molecule has 1 aromatic rings. The van der Waals surface area contributed by atoms with Crippen LogP contribution >= 0.6 is 0 Å². The van der Waals surface area contributed by atoms with E-state index >= 15 is 0 Å². The molecule has 3 rings (SSSR count). The molecule has 3 N–H and O–H groups in total. The molecule has 24 heavy (non-hydrogen) atoms. The summed E-state index contributed by atoms with van der Waals surface area (Å²) in [6.45, 7) is 4.17. The Morgan fingerprint density at radius 3 is 3.00 bits per heavy atom. The van der Waals surface area contributed by atoms with Crippen LogP contribution in [-0.2, 0) is 11.3 Å². The Labute approximate surface area is 141 Å². The molecule has 130 valence electrons. The van der Waals surface area contributed by atoms with Gasteiger partial charge in [0.15, 0.2) is 0 Å². The van der Waals surface area contributed by atoms with E-state index in [1.165, 1.54) is 0 Å². The Morgan fingerprint density at radius 1 is 1.33 bits per heavy atom. The number of carbonyl (C=O) groups excluding carboxylic acids is 2. The number of carbonyl (C=O) groups is 2. The van der Waals surface area contributed by atoms with Gasteiger partial charge in [0.25, 0.3) is 0 Å².